The van der Waals surface area contributed by atoms with E-state index in [0.29, 0.717) is 5.92 Å². The Morgan fingerprint density at radius 1 is 1.44 bits per heavy atom. The molecule has 1 rings (SSSR count). The number of carbonyl (C=O) groups is 2. The fourth-order valence-corrected chi connectivity index (χ4v) is 1.64. The van der Waals surface area contributed by atoms with Crippen molar-refractivity contribution in [1.29, 1.82) is 0 Å². The Morgan fingerprint density at radius 2 is 2.00 bits per heavy atom. The third-order valence-electron chi connectivity index (χ3n) is 3.03. The molecule has 0 radical (unpaired) electrons. The van der Waals surface area contributed by atoms with Gasteiger partial charge < -0.3 is 15.3 Å². The Labute approximate surface area is 95.8 Å². The van der Waals surface area contributed by atoms with Gasteiger partial charge in [-0.25, -0.2) is 4.79 Å². The lowest BCUT2D eigenvalue weighted by Gasteiger charge is -2.29. The van der Waals surface area contributed by atoms with Crippen LogP contribution in [0.2, 0.25) is 0 Å². The van der Waals surface area contributed by atoms with Gasteiger partial charge in [-0.15, -0.1) is 0 Å². The number of urea groups is 1. The highest BCUT2D eigenvalue weighted by atomic mass is 16.4. The van der Waals surface area contributed by atoms with E-state index >= 15 is 0 Å². The fourth-order valence-electron chi connectivity index (χ4n) is 1.64. The van der Waals surface area contributed by atoms with Crippen LogP contribution in [0.4, 0.5) is 4.79 Å². The second kappa shape index (κ2) is 4.72. The van der Waals surface area contributed by atoms with Gasteiger partial charge in [0.15, 0.2) is 0 Å². The molecule has 1 fully saturated rings. The van der Waals surface area contributed by atoms with Crippen LogP contribution in [0.25, 0.3) is 0 Å². The van der Waals surface area contributed by atoms with Crippen LogP contribution in [0, 0.1) is 5.92 Å². The van der Waals surface area contributed by atoms with Gasteiger partial charge in [-0.1, -0.05) is 0 Å². The highest BCUT2D eigenvalue weighted by Gasteiger charge is 2.39. The van der Waals surface area contributed by atoms with Gasteiger partial charge in [-0.3, -0.25) is 4.79 Å². The van der Waals surface area contributed by atoms with Gasteiger partial charge in [0.05, 0.1) is 6.42 Å². The van der Waals surface area contributed by atoms with Crippen molar-refractivity contribution in [2.45, 2.75) is 38.6 Å². The molecule has 0 saturated heterocycles. The normalized spacial score (nSPS) is 15.7. The van der Waals surface area contributed by atoms with Crippen LogP contribution < -0.4 is 5.32 Å². The molecule has 0 atom stereocenters. The molecule has 0 spiro atoms. The molecule has 1 aliphatic rings. The summed E-state index contributed by atoms with van der Waals surface area (Å²) in [7, 11) is 1.61. The summed E-state index contributed by atoms with van der Waals surface area (Å²) >= 11 is 0. The molecule has 0 aliphatic heterocycles. The molecule has 5 nitrogen and oxygen atoms in total. The third kappa shape index (κ3) is 3.72. The van der Waals surface area contributed by atoms with Crippen molar-refractivity contribution < 1.29 is 14.7 Å². The van der Waals surface area contributed by atoms with Crippen molar-refractivity contribution in [2.24, 2.45) is 5.92 Å². The van der Waals surface area contributed by atoms with Crippen LogP contribution in [-0.4, -0.2) is 41.1 Å². The zero-order valence-electron chi connectivity index (χ0n) is 10.1. The van der Waals surface area contributed by atoms with E-state index in [-0.39, 0.29) is 24.5 Å². The van der Waals surface area contributed by atoms with E-state index in [0.717, 1.165) is 12.8 Å². The van der Waals surface area contributed by atoms with Crippen LogP contribution in [0.1, 0.15) is 33.1 Å². The number of nitrogens with one attached hydrogen (secondary N) is 1. The van der Waals surface area contributed by atoms with Crippen LogP contribution in [0.5, 0.6) is 0 Å². The highest BCUT2D eigenvalue weighted by Crippen LogP contribution is 2.39. The fraction of sp³-hybridized carbons (Fsp3) is 0.818. The number of hydrogen-bond donors (Lipinski definition) is 2. The minimum Gasteiger partial charge on any atom is -0.481 e. The molecule has 0 aromatic carbocycles. The van der Waals surface area contributed by atoms with Crippen molar-refractivity contribution in [2.75, 3.05) is 13.6 Å². The van der Waals surface area contributed by atoms with E-state index in [1.807, 2.05) is 13.8 Å². The van der Waals surface area contributed by atoms with Crippen LogP contribution >= 0.6 is 0 Å². The van der Waals surface area contributed by atoms with Gasteiger partial charge in [-0.2, -0.15) is 0 Å². The quantitative estimate of drug-likeness (QED) is 0.745. The summed E-state index contributed by atoms with van der Waals surface area (Å²) in [5.41, 5.74) is -0.186. The zero-order chi connectivity index (χ0) is 12.3. The lowest BCUT2D eigenvalue weighted by atomic mass is 9.99. The van der Waals surface area contributed by atoms with Crippen molar-refractivity contribution in [3.63, 3.8) is 0 Å². The predicted molar refractivity (Wildman–Crippen MR) is 60.2 cm³/mol. The van der Waals surface area contributed by atoms with E-state index in [2.05, 4.69) is 5.32 Å². The molecule has 0 unspecified atom stereocenters. The summed E-state index contributed by atoms with van der Waals surface area (Å²) in [6.45, 7) is 4.25. The number of carbonyl (C=O) groups excluding carboxylic acids is 1. The van der Waals surface area contributed by atoms with Gasteiger partial charge in [0.2, 0.25) is 0 Å². The van der Waals surface area contributed by atoms with Gasteiger partial charge in [0.1, 0.15) is 0 Å². The number of rotatable bonds is 5. The molecule has 2 N–H and O–H groups in total. The maximum Gasteiger partial charge on any atom is 0.317 e. The Morgan fingerprint density at radius 3 is 2.44 bits per heavy atom. The SMILES string of the molecule is CN(CCC(=O)O)C(=O)NC(C)(C)C1CC1. The molecule has 1 saturated carbocycles. The van der Waals surface area contributed by atoms with Crippen molar-refractivity contribution in [3.8, 4) is 0 Å². The van der Waals surface area contributed by atoms with E-state index in [1.165, 1.54) is 4.90 Å². The standard InChI is InChI=1S/C11H20N2O3/c1-11(2,8-4-5-8)12-10(16)13(3)7-6-9(14)15/h8H,4-7H2,1-3H3,(H,12,16)(H,14,15). The predicted octanol–water partition coefficient (Wildman–Crippen LogP) is 1.29. The second-order valence-corrected chi connectivity index (χ2v) is 4.99. The molecule has 5 heteroatoms. The van der Waals surface area contributed by atoms with Crippen molar-refractivity contribution >= 4 is 12.0 Å². The maximum absolute atomic E-state index is 11.7. The van der Waals surface area contributed by atoms with Crippen LogP contribution in [0.15, 0.2) is 0 Å². The van der Waals surface area contributed by atoms with E-state index in [1.54, 1.807) is 7.05 Å². The Bertz CT molecular complexity index is 285. The molecule has 1 aliphatic carbocycles. The maximum atomic E-state index is 11.7. The minimum atomic E-state index is -0.888. The van der Waals surface area contributed by atoms with Crippen LogP contribution in [0.3, 0.4) is 0 Å². The molecule has 2 amide bonds. The smallest absolute Gasteiger partial charge is 0.317 e. The number of aliphatic carboxylic acids is 1. The number of carboxylic acid groups (broad SMARTS) is 1. The summed E-state index contributed by atoms with van der Waals surface area (Å²) in [6.07, 6.45) is 2.30. The van der Waals surface area contributed by atoms with Crippen LogP contribution in [-0.2, 0) is 4.79 Å². The number of hydrogen-bond acceptors (Lipinski definition) is 2. The molecule has 0 aromatic heterocycles. The van der Waals surface area contributed by atoms with Gasteiger partial charge in [0.25, 0.3) is 0 Å². The number of nitrogens with zero attached hydrogens (tertiary/aromatic N) is 1. The first-order chi connectivity index (χ1) is 7.33. The summed E-state index contributed by atoms with van der Waals surface area (Å²) in [5.74, 6) is -0.328. The largest absolute Gasteiger partial charge is 0.481 e. The Kier molecular flexibility index (Phi) is 3.78. The van der Waals surface area contributed by atoms with Crippen molar-refractivity contribution in [1.82, 2.24) is 10.2 Å². The summed E-state index contributed by atoms with van der Waals surface area (Å²) < 4.78 is 0. The molecule has 0 bridgehead atoms. The molecule has 0 heterocycles. The lowest BCUT2D eigenvalue weighted by molar-refractivity contribution is -0.137. The summed E-state index contributed by atoms with van der Waals surface area (Å²) in [4.78, 5) is 23.5. The number of amides is 2. The Balaban J connectivity index is 2.35. The average Bonchev–Trinajstić information content (AvgIpc) is 2.96. The Hall–Kier alpha value is -1.26. The molecular formula is C11H20N2O3. The topological polar surface area (TPSA) is 69.6 Å². The molecular weight excluding hydrogens is 208 g/mol. The average molecular weight is 228 g/mol. The van der Waals surface area contributed by atoms with Gasteiger partial charge in [-0.05, 0) is 32.6 Å². The summed E-state index contributed by atoms with van der Waals surface area (Å²) in [5, 5.41) is 11.5. The molecule has 16 heavy (non-hydrogen) atoms. The van der Waals surface area contributed by atoms with Crippen molar-refractivity contribution in [3.05, 3.63) is 0 Å². The van der Waals surface area contributed by atoms with E-state index in [9.17, 15) is 9.59 Å². The number of carboxylic acids is 1. The first-order valence-corrected chi connectivity index (χ1v) is 5.58. The van der Waals surface area contributed by atoms with E-state index < -0.39 is 5.97 Å². The van der Waals surface area contributed by atoms with Gasteiger partial charge >= 0.3 is 12.0 Å². The molecule has 0 aromatic rings. The lowest BCUT2D eigenvalue weighted by Crippen LogP contribution is -2.50. The first kappa shape index (κ1) is 12.8. The second-order valence-electron chi connectivity index (χ2n) is 4.99. The monoisotopic (exact) mass is 228 g/mol. The highest BCUT2D eigenvalue weighted by molar-refractivity contribution is 5.75. The van der Waals surface area contributed by atoms with E-state index in [4.69, 9.17) is 5.11 Å². The first-order valence-electron chi connectivity index (χ1n) is 5.58. The third-order valence-corrected chi connectivity index (χ3v) is 3.03. The minimum absolute atomic E-state index is 0.0201. The zero-order valence-corrected chi connectivity index (χ0v) is 10.1. The summed E-state index contributed by atoms with van der Waals surface area (Å²) in [6, 6.07) is -0.196. The molecule has 92 valence electrons. The van der Waals surface area contributed by atoms with Gasteiger partial charge in [0, 0.05) is 19.1 Å².